The zero-order valence-corrected chi connectivity index (χ0v) is 12.4. The van der Waals surface area contributed by atoms with Crippen LogP contribution in [-0.4, -0.2) is 21.3 Å². The standard InChI is InChI=1S/C15H24N2O3/c1-5-6-7-8-12(17-16)11-9-13(18-2)15(20-4)14(10-11)19-3/h5,9-10,12,17H,1,6-8,16H2,2-4H3. The molecule has 1 aromatic rings. The smallest absolute Gasteiger partial charge is 0.203 e. The first-order chi connectivity index (χ1) is 9.71. The Kier molecular flexibility index (Phi) is 6.90. The van der Waals surface area contributed by atoms with Gasteiger partial charge in [0.25, 0.3) is 0 Å². The molecule has 0 heterocycles. The van der Waals surface area contributed by atoms with Crippen molar-refractivity contribution in [3.05, 3.63) is 30.4 Å². The van der Waals surface area contributed by atoms with Gasteiger partial charge in [-0.2, -0.15) is 0 Å². The lowest BCUT2D eigenvalue weighted by Gasteiger charge is -2.20. The lowest BCUT2D eigenvalue weighted by Crippen LogP contribution is -2.28. The number of nitrogens with one attached hydrogen (secondary N) is 1. The van der Waals surface area contributed by atoms with Crippen LogP contribution >= 0.6 is 0 Å². The van der Waals surface area contributed by atoms with E-state index in [1.165, 1.54) is 0 Å². The highest BCUT2D eigenvalue weighted by Crippen LogP contribution is 2.40. The van der Waals surface area contributed by atoms with Crippen molar-refractivity contribution in [1.82, 2.24) is 5.43 Å². The van der Waals surface area contributed by atoms with Crippen molar-refractivity contribution < 1.29 is 14.2 Å². The fourth-order valence-electron chi connectivity index (χ4n) is 2.12. The minimum atomic E-state index is 0.0312. The maximum absolute atomic E-state index is 5.65. The zero-order valence-electron chi connectivity index (χ0n) is 12.4. The van der Waals surface area contributed by atoms with Crippen LogP contribution in [0.25, 0.3) is 0 Å². The van der Waals surface area contributed by atoms with E-state index in [9.17, 15) is 0 Å². The SMILES string of the molecule is C=CCCCC(NN)c1cc(OC)c(OC)c(OC)c1. The molecule has 1 atom stereocenters. The molecule has 0 aliphatic heterocycles. The Balaban J connectivity index is 3.06. The number of hydrazine groups is 1. The van der Waals surface area contributed by atoms with Gasteiger partial charge < -0.3 is 14.2 Å². The third-order valence-corrected chi connectivity index (χ3v) is 3.19. The molecule has 0 saturated heterocycles. The number of unbranched alkanes of at least 4 members (excludes halogenated alkanes) is 1. The molecule has 20 heavy (non-hydrogen) atoms. The highest BCUT2D eigenvalue weighted by molar-refractivity contribution is 5.54. The summed E-state index contributed by atoms with van der Waals surface area (Å²) < 4.78 is 16.0. The van der Waals surface area contributed by atoms with Gasteiger partial charge in [0.15, 0.2) is 11.5 Å². The summed E-state index contributed by atoms with van der Waals surface area (Å²) in [4.78, 5) is 0. The summed E-state index contributed by atoms with van der Waals surface area (Å²) in [5, 5.41) is 0. The second-order valence-electron chi connectivity index (χ2n) is 4.40. The van der Waals surface area contributed by atoms with Gasteiger partial charge in [0.1, 0.15) is 0 Å². The molecule has 0 fully saturated rings. The van der Waals surface area contributed by atoms with Crippen molar-refractivity contribution in [1.29, 1.82) is 0 Å². The van der Waals surface area contributed by atoms with Crippen molar-refractivity contribution in [2.45, 2.75) is 25.3 Å². The number of ether oxygens (including phenoxy) is 3. The van der Waals surface area contributed by atoms with Crippen LogP contribution in [0.15, 0.2) is 24.8 Å². The largest absolute Gasteiger partial charge is 0.493 e. The summed E-state index contributed by atoms with van der Waals surface area (Å²) in [7, 11) is 4.79. The normalized spacial score (nSPS) is 11.8. The van der Waals surface area contributed by atoms with Gasteiger partial charge >= 0.3 is 0 Å². The number of allylic oxidation sites excluding steroid dienone is 1. The summed E-state index contributed by atoms with van der Waals surface area (Å²) in [5.74, 6) is 7.50. The van der Waals surface area contributed by atoms with Crippen LogP contribution in [0.3, 0.4) is 0 Å². The van der Waals surface area contributed by atoms with E-state index in [0.29, 0.717) is 17.2 Å². The van der Waals surface area contributed by atoms with Gasteiger partial charge in [-0.3, -0.25) is 11.3 Å². The predicted molar refractivity (Wildman–Crippen MR) is 80.2 cm³/mol. The lowest BCUT2D eigenvalue weighted by atomic mass is 10.0. The van der Waals surface area contributed by atoms with Gasteiger partial charge in [-0.05, 0) is 37.0 Å². The van der Waals surface area contributed by atoms with Crippen LogP contribution < -0.4 is 25.5 Å². The molecule has 1 aromatic carbocycles. The summed E-state index contributed by atoms with van der Waals surface area (Å²) in [6.45, 7) is 3.73. The molecule has 5 nitrogen and oxygen atoms in total. The van der Waals surface area contributed by atoms with Gasteiger partial charge in [0.05, 0.1) is 21.3 Å². The van der Waals surface area contributed by atoms with E-state index in [4.69, 9.17) is 20.1 Å². The molecule has 0 aliphatic rings. The first-order valence-electron chi connectivity index (χ1n) is 6.58. The molecule has 0 aromatic heterocycles. The van der Waals surface area contributed by atoms with Gasteiger partial charge in [-0.25, -0.2) is 0 Å². The van der Waals surface area contributed by atoms with E-state index < -0.39 is 0 Å². The van der Waals surface area contributed by atoms with E-state index in [1.54, 1.807) is 21.3 Å². The van der Waals surface area contributed by atoms with E-state index >= 15 is 0 Å². The van der Waals surface area contributed by atoms with Crippen LogP contribution in [0.2, 0.25) is 0 Å². The fourth-order valence-corrected chi connectivity index (χ4v) is 2.12. The van der Waals surface area contributed by atoms with Gasteiger partial charge in [0, 0.05) is 6.04 Å². The van der Waals surface area contributed by atoms with Crippen LogP contribution in [-0.2, 0) is 0 Å². The molecule has 1 rings (SSSR count). The molecule has 0 spiro atoms. The summed E-state index contributed by atoms with van der Waals surface area (Å²) in [5.41, 5.74) is 3.84. The Morgan fingerprint density at radius 1 is 1.20 bits per heavy atom. The summed E-state index contributed by atoms with van der Waals surface area (Å²) >= 11 is 0. The molecular formula is C15H24N2O3. The second-order valence-corrected chi connectivity index (χ2v) is 4.40. The third kappa shape index (κ3) is 3.88. The number of benzene rings is 1. The number of methoxy groups -OCH3 is 3. The van der Waals surface area contributed by atoms with E-state index in [0.717, 1.165) is 24.8 Å². The van der Waals surface area contributed by atoms with Crippen molar-refractivity contribution in [3.8, 4) is 17.2 Å². The molecule has 0 amide bonds. The van der Waals surface area contributed by atoms with Crippen LogP contribution in [0.1, 0.15) is 30.9 Å². The highest BCUT2D eigenvalue weighted by atomic mass is 16.5. The van der Waals surface area contributed by atoms with Crippen molar-refractivity contribution in [2.75, 3.05) is 21.3 Å². The van der Waals surface area contributed by atoms with Crippen molar-refractivity contribution in [2.24, 2.45) is 5.84 Å². The Labute approximate surface area is 120 Å². The molecule has 0 radical (unpaired) electrons. The topological polar surface area (TPSA) is 65.7 Å². The molecule has 0 aliphatic carbocycles. The van der Waals surface area contributed by atoms with Crippen LogP contribution in [0.4, 0.5) is 0 Å². The predicted octanol–water partition coefficient (Wildman–Crippen LogP) is 2.57. The fraction of sp³-hybridized carbons (Fsp3) is 0.467. The van der Waals surface area contributed by atoms with E-state index in [-0.39, 0.29) is 6.04 Å². The molecule has 5 heteroatoms. The monoisotopic (exact) mass is 280 g/mol. The molecule has 112 valence electrons. The quantitative estimate of drug-likeness (QED) is 0.315. The zero-order chi connectivity index (χ0) is 15.0. The average molecular weight is 280 g/mol. The van der Waals surface area contributed by atoms with E-state index in [1.807, 2.05) is 18.2 Å². The first kappa shape index (κ1) is 16.3. The summed E-state index contributed by atoms with van der Waals surface area (Å²) in [6, 6.07) is 3.86. The lowest BCUT2D eigenvalue weighted by molar-refractivity contribution is 0.322. The minimum absolute atomic E-state index is 0.0312. The number of nitrogens with two attached hydrogens (primary N) is 1. The van der Waals surface area contributed by atoms with Gasteiger partial charge in [-0.15, -0.1) is 6.58 Å². The molecule has 0 saturated carbocycles. The molecule has 3 N–H and O–H groups in total. The average Bonchev–Trinajstić information content (AvgIpc) is 2.50. The third-order valence-electron chi connectivity index (χ3n) is 3.19. The molecule has 0 bridgehead atoms. The van der Waals surface area contributed by atoms with E-state index in [2.05, 4.69) is 12.0 Å². The Hall–Kier alpha value is -1.72. The maximum Gasteiger partial charge on any atom is 0.203 e. The summed E-state index contributed by atoms with van der Waals surface area (Å²) in [6.07, 6.45) is 4.78. The Bertz CT molecular complexity index is 410. The molecular weight excluding hydrogens is 256 g/mol. The van der Waals surface area contributed by atoms with Crippen molar-refractivity contribution >= 4 is 0 Å². The van der Waals surface area contributed by atoms with Crippen molar-refractivity contribution in [3.63, 3.8) is 0 Å². The Morgan fingerprint density at radius 2 is 1.80 bits per heavy atom. The Morgan fingerprint density at radius 3 is 2.20 bits per heavy atom. The second kappa shape index (κ2) is 8.45. The number of hydrogen-bond acceptors (Lipinski definition) is 5. The maximum atomic E-state index is 5.65. The minimum Gasteiger partial charge on any atom is -0.493 e. The van der Waals surface area contributed by atoms with Crippen LogP contribution in [0, 0.1) is 0 Å². The highest BCUT2D eigenvalue weighted by Gasteiger charge is 2.17. The number of rotatable bonds is 9. The van der Waals surface area contributed by atoms with Gasteiger partial charge in [0.2, 0.25) is 5.75 Å². The number of hydrogen-bond donors (Lipinski definition) is 2. The van der Waals surface area contributed by atoms with Crippen LogP contribution in [0.5, 0.6) is 17.2 Å². The van der Waals surface area contributed by atoms with Gasteiger partial charge in [-0.1, -0.05) is 6.08 Å². The molecule has 1 unspecified atom stereocenters. The first-order valence-corrected chi connectivity index (χ1v) is 6.58.